The van der Waals surface area contributed by atoms with Gasteiger partial charge >= 0.3 is 0 Å². The number of hydrogen-bond acceptors (Lipinski definition) is 6. The minimum atomic E-state index is 0.582. The van der Waals surface area contributed by atoms with Crippen LogP contribution in [0.2, 0.25) is 0 Å². The Bertz CT molecular complexity index is 611. The first-order chi connectivity index (χ1) is 10.9. The van der Waals surface area contributed by atoms with Crippen LogP contribution < -0.4 is 4.74 Å². The molecule has 6 nitrogen and oxygen atoms in total. The zero-order valence-corrected chi connectivity index (χ0v) is 13.5. The number of aromatic nitrogens is 4. The zero-order valence-electron chi connectivity index (χ0n) is 12.6. The van der Waals surface area contributed by atoms with Crippen molar-refractivity contribution in [3.05, 3.63) is 23.2 Å². The molecule has 2 aromatic heterocycles. The van der Waals surface area contributed by atoms with Gasteiger partial charge < -0.3 is 9.30 Å². The van der Waals surface area contributed by atoms with E-state index in [2.05, 4.69) is 24.6 Å². The Balaban J connectivity index is 1.32. The number of nitrogens with zero attached hydrogens (tertiary/aromatic N) is 5. The normalized spacial score (nSPS) is 21.9. The Morgan fingerprint density at radius 1 is 1.27 bits per heavy atom. The lowest BCUT2D eigenvalue weighted by atomic mass is 9.99. The standard InChI is InChI=1S/C15H21N5OS/c1-3-12(11-21-15-16-5-8-22-15)9-19(6-1)10-14-18-17-13-4-2-7-20(13)14/h5,8,12H,1-4,6-7,9-11H2. The third-order valence-corrected chi connectivity index (χ3v) is 5.19. The summed E-state index contributed by atoms with van der Waals surface area (Å²) in [5.41, 5.74) is 0. The highest BCUT2D eigenvalue weighted by Crippen LogP contribution is 2.22. The van der Waals surface area contributed by atoms with E-state index < -0.39 is 0 Å². The first-order valence-corrected chi connectivity index (χ1v) is 8.92. The molecule has 0 amide bonds. The SMILES string of the molecule is c1csc(OCC2CCCN(Cc3nnc4n3CCC4)C2)n1. The summed E-state index contributed by atoms with van der Waals surface area (Å²) >= 11 is 1.56. The van der Waals surface area contributed by atoms with E-state index in [4.69, 9.17) is 4.74 Å². The second kappa shape index (κ2) is 6.34. The number of rotatable bonds is 5. The minimum absolute atomic E-state index is 0.582. The van der Waals surface area contributed by atoms with Crippen molar-refractivity contribution in [2.24, 2.45) is 5.92 Å². The summed E-state index contributed by atoms with van der Waals surface area (Å²) in [5.74, 6) is 2.88. The van der Waals surface area contributed by atoms with Gasteiger partial charge in [-0.2, -0.15) is 0 Å². The van der Waals surface area contributed by atoms with Gasteiger partial charge in [0.25, 0.3) is 5.19 Å². The molecule has 0 aliphatic carbocycles. The van der Waals surface area contributed by atoms with Gasteiger partial charge in [0.2, 0.25) is 0 Å². The lowest BCUT2D eigenvalue weighted by Crippen LogP contribution is -2.37. The molecule has 1 fully saturated rings. The Hall–Kier alpha value is -1.47. The van der Waals surface area contributed by atoms with Crippen LogP contribution in [0.25, 0.3) is 0 Å². The number of likely N-dealkylation sites (tertiary alicyclic amines) is 1. The maximum atomic E-state index is 5.79. The molecule has 1 saturated heterocycles. The van der Waals surface area contributed by atoms with E-state index in [0.717, 1.165) is 56.0 Å². The van der Waals surface area contributed by atoms with Crippen molar-refractivity contribution in [2.45, 2.75) is 38.8 Å². The molecule has 0 spiro atoms. The van der Waals surface area contributed by atoms with Gasteiger partial charge in [0.1, 0.15) is 11.6 Å². The van der Waals surface area contributed by atoms with Gasteiger partial charge in [0, 0.05) is 37.0 Å². The minimum Gasteiger partial charge on any atom is -0.470 e. The molecule has 4 heterocycles. The molecule has 1 unspecified atom stereocenters. The molecule has 2 aromatic rings. The number of ether oxygens (including phenoxy) is 1. The summed E-state index contributed by atoms with van der Waals surface area (Å²) in [4.78, 5) is 6.68. The van der Waals surface area contributed by atoms with Crippen LogP contribution in [0, 0.1) is 5.92 Å². The predicted molar refractivity (Wildman–Crippen MR) is 84.0 cm³/mol. The summed E-state index contributed by atoms with van der Waals surface area (Å²) in [6, 6.07) is 0. The fraction of sp³-hybridized carbons (Fsp3) is 0.667. The molecule has 22 heavy (non-hydrogen) atoms. The maximum absolute atomic E-state index is 5.79. The lowest BCUT2D eigenvalue weighted by molar-refractivity contribution is 0.122. The maximum Gasteiger partial charge on any atom is 0.273 e. The van der Waals surface area contributed by atoms with Crippen molar-refractivity contribution in [3.8, 4) is 5.19 Å². The second-order valence-electron chi connectivity index (χ2n) is 6.14. The van der Waals surface area contributed by atoms with Crippen LogP contribution in [0.5, 0.6) is 5.19 Å². The molecule has 4 rings (SSSR count). The molecule has 0 bridgehead atoms. The van der Waals surface area contributed by atoms with E-state index in [9.17, 15) is 0 Å². The van der Waals surface area contributed by atoms with E-state index in [0.29, 0.717) is 5.92 Å². The van der Waals surface area contributed by atoms with Gasteiger partial charge in [0.05, 0.1) is 13.2 Å². The molecule has 2 aliphatic rings. The summed E-state index contributed by atoms with van der Waals surface area (Å²) in [6.45, 7) is 4.99. The topological polar surface area (TPSA) is 56.1 Å². The molecular weight excluding hydrogens is 298 g/mol. The van der Waals surface area contributed by atoms with Crippen LogP contribution in [0.3, 0.4) is 0 Å². The molecule has 118 valence electrons. The quantitative estimate of drug-likeness (QED) is 0.843. The van der Waals surface area contributed by atoms with Gasteiger partial charge in [0.15, 0.2) is 0 Å². The highest BCUT2D eigenvalue weighted by molar-refractivity contribution is 7.11. The molecule has 0 radical (unpaired) electrons. The molecule has 7 heteroatoms. The first-order valence-electron chi connectivity index (χ1n) is 8.04. The van der Waals surface area contributed by atoms with Crippen LogP contribution in [0.15, 0.2) is 11.6 Å². The van der Waals surface area contributed by atoms with E-state index in [1.165, 1.54) is 19.3 Å². The van der Waals surface area contributed by atoms with Gasteiger partial charge in [-0.15, -0.1) is 10.2 Å². The average Bonchev–Trinajstić information content (AvgIpc) is 3.25. The van der Waals surface area contributed by atoms with Crippen LogP contribution in [0.1, 0.15) is 30.9 Å². The highest BCUT2D eigenvalue weighted by atomic mass is 32.1. The van der Waals surface area contributed by atoms with E-state index in [1.807, 2.05) is 5.38 Å². The molecular formula is C15H21N5OS. The molecule has 0 N–H and O–H groups in total. The van der Waals surface area contributed by atoms with Crippen molar-refractivity contribution >= 4 is 11.3 Å². The fourth-order valence-electron chi connectivity index (χ4n) is 3.43. The highest BCUT2D eigenvalue weighted by Gasteiger charge is 2.24. The molecule has 2 aliphatic heterocycles. The average molecular weight is 319 g/mol. The Morgan fingerprint density at radius 2 is 2.27 bits per heavy atom. The van der Waals surface area contributed by atoms with E-state index >= 15 is 0 Å². The Morgan fingerprint density at radius 3 is 3.18 bits per heavy atom. The second-order valence-corrected chi connectivity index (χ2v) is 7.00. The Labute approximate surface area is 134 Å². The summed E-state index contributed by atoms with van der Waals surface area (Å²) in [6.07, 6.45) is 6.55. The Kier molecular flexibility index (Phi) is 4.07. The third-order valence-electron chi connectivity index (χ3n) is 4.51. The number of fused-ring (bicyclic) bond motifs is 1. The predicted octanol–water partition coefficient (Wildman–Crippen LogP) is 1.97. The van der Waals surface area contributed by atoms with Crippen LogP contribution in [-0.2, 0) is 19.5 Å². The van der Waals surface area contributed by atoms with Gasteiger partial charge in [-0.25, -0.2) is 4.98 Å². The van der Waals surface area contributed by atoms with Crippen LogP contribution in [0.4, 0.5) is 0 Å². The summed E-state index contributed by atoms with van der Waals surface area (Å²) in [7, 11) is 0. The van der Waals surface area contributed by atoms with Crippen molar-refractivity contribution in [3.63, 3.8) is 0 Å². The van der Waals surface area contributed by atoms with E-state index in [1.54, 1.807) is 17.5 Å². The molecule has 1 atom stereocenters. The van der Waals surface area contributed by atoms with E-state index in [-0.39, 0.29) is 0 Å². The number of thiazole rings is 1. The summed E-state index contributed by atoms with van der Waals surface area (Å²) < 4.78 is 8.09. The number of piperidine rings is 1. The number of aryl methyl sites for hydroxylation is 1. The van der Waals surface area contributed by atoms with Crippen molar-refractivity contribution in [1.82, 2.24) is 24.6 Å². The van der Waals surface area contributed by atoms with Crippen molar-refractivity contribution < 1.29 is 4.74 Å². The molecule has 0 saturated carbocycles. The smallest absolute Gasteiger partial charge is 0.273 e. The van der Waals surface area contributed by atoms with Gasteiger partial charge in [-0.1, -0.05) is 11.3 Å². The first kappa shape index (κ1) is 14.1. The largest absolute Gasteiger partial charge is 0.470 e. The van der Waals surface area contributed by atoms with Gasteiger partial charge in [-0.3, -0.25) is 4.90 Å². The summed E-state index contributed by atoms with van der Waals surface area (Å²) in [5, 5.41) is 11.4. The zero-order chi connectivity index (χ0) is 14.8. The molecule has 0 aromatic carbocycles. The lowest BCUT2D eigenvalue weighted by Gasteiger charge is -2.31. The monoisotopic (exact) mass is 319 g/mol. The van der Waals surface area contributed by atoms with Crippen molar-refractivity contribution in [1.29, 1.82) is 0 Å². The number of hydrogen-bond donors (Lipinski definition) is 0. The van der Waals surface area contributed by atoms with Gasteiger partial charge in [-0.05, 0) is 25.8 Å². The van der Waals surface area contributed by atoms with Crippen LogP contribution >= 0.6 is 11.3 Å². The fourth-order valence-corrected chi connectivity index (χ4v) is 3.93. The van der Waals surface area contributed by atoms with Crippen molar-refractivity contribution in [2.75, 3.05) is 19.7 Å². The third kappa shape index (κ3) is 3.01. The van der Waals surface area contributed by atoms with Crippen LogP contribution in [-0.4, -0.2) is 44.3 Å².